The summed E-state index contributed by atoms with van der Waals surface area (Å²) in [5.74, 6) is -0.502. The van der Waals surface area contributed by atoms with Gasteiger partial charge in [-0.05, 0) is 62.4 Å². The fraction of sp³-hybridized carbons (Fsp3) is 0.261. The molecule has 0 aliphatic rings. The highest BCUT2D eigenvalue weighted by Gasteiger charge is 2.23. The topological polar surface area (TPSA) is 88.4 Å². The molecule has 0 fully saturated rings. The molecule has 0 radical (unpaired) electrons. The molecule has 10 heteroatoms. The van der Waals surface area contributed by atoms with E-state index >= 15 is 0 Å². The summed E-state index contributed by atoms with van der Waals surface area (Å²) in [7, 11) is -3.38. The smallest absolute Gasteiger partial charge is 0.265 e. The molecule has 1 heterocycles. The molecule has 2 aromatic carbocycles. The normalized spacial score (nSPS) is 12.7. The summed E-state index contributed by atoms with van der Waals surface area (Å²) in [4.78, 5) is 13.1. The van der Waals surface area contributed by atoms with Crippen molar-refractivity contribution in [2.24, 2.45) is 0 Å². The quantitative estimate of drug-likeness (QED) is 0.484. The SMILES string of the molecule is Cc1c(C(=O)Nc2ccc(S(C)(=O)=O)cc2)cc(CC(C)O)n1-c1ccc(Cl)cc1C(F)F. The van der Waals surface area contributed by atoms with Gasteiger partial charge in [0.1, 0.15) is 0 Å². The third kappa shape index (κ3) is 5.61. The van der Waals surface area contributed by atoms with Gasteiger partial charge >= 0.3 is 0 Å². The van der Waals surface area contributed by atoms with E-state index in [-0.39, 0.29) is 33.2 Å². The number of benzene rings is 2. The highest BCUT2D eigenvalue weighted by Crippen LogP contribution is 2.32. The molecule has 6 nitrogen and oxygen atoms in total. The summed E-state index contributed by atoms with van der Waals surface area (Å²) in [5.41, 5.74) is 1.35. The molecule has 3 aromatic rings. The maximum Gasteiger partial charge on any atom is 0.265 e. The number of amides is 1. The fourth-order valence-electron chi connectivity index (χ4n) is 3.58. The van der Waals surface area contributed by atoms with Crippen LogP contribution < -0.4 is 5.32 Å². The Morgan fingerprint density at radius 1 is 1.15 bits per heavy atom. The lowest BCUT2D eigenvalue weighted by molar-refractivity contribution is 0.102. The van der Waals surface area contributed by atoms with E-state index in [0.717, 1.165) is 6.26 Å². The Hall–Kier alpha value is -2.75. The van der Waals surface area contributed by atoms with Gasteiger partial charge in [0, 0.05) is 40.3 Å². The summed E-state index contributed by atoms with van der Waals surface area (Å²) in [6.45, 7) is 3.18. The van der Waals surface area contributed by atoms with E-state index in [1.54, 1.807) is 19.9 Å². The van der Waals surface area contributed by atoms with Crippen molar-refractivity contribution in [1.29, 1.82) is 0 Å². The molecular formula is C23H23ClF2N2O4S. The van der Waals surface area contributed by atoms with Gasteiger partial charge in [-0.15, -0.1) is 0 Å². The molecule has 0 saturated heterocycles. The summed E-state index contributed by atoms with van der Waals surface area (Å²) in [6, 6.07) is 11.3. The molecule has 1 unspecified atom stereocenters. The van der Waals surface area contributed by atoms with Gasteiger partial charge in [0.25, 0.3) is 12.3 Å². The van der Waals surface area contributed by atoms with Crippen LogP contribution in [0.15, 0.2) is 53.4 Å². The Kier molecular flexibility index (Phi) is 7.26. The second kappa shape index (κ2) is 9.62. The van der Waals surface area contributed by atoms with Gasteiger partial charge in [0.15, 0.2) is 9.84 Å². The Morgan fingerprint density at radius 3 is 2.33 bits per heavy atom. The summed E-state index contributed by atoms with van der Waals surface area (Å²) in [5, 5.41) is 12.8. The van der Waals surface area contributed by atoms with Gasteiger partial charge in [0.05, 0.1) is 22.3 Å². The number of anilines is 1. The van der Waals surface area contributed by atoms with E-state index in [1.807, 2.05) is 0 Å². The number of sulfone groups is 1. The molecule has 2 N–H and O–H groups in total. The number of aliphatic hydroxyl groups is 1. The van der Waals surface area contributed by atoms with Crippen LogP contribution in [-0.4, -0.2) is 36.4 Å². The van der Waals surface area contributed by atoms with Gasteiger partial charge in [-0.3, -0.25) is 4.79 Å². The lowest BCUT2D eigenvalue weighted by Crippen LogP contribution is -2.14. The van der Waals surface area contributed by atoms with Crippen molar-refractivity contribution < 1.29 is 27.1 Å². The molecule has 176 valence electrons. The summed E-state index contributed by atoms with van der Waals surface area (Å²) in [6.07, 6.45) is -2.37. The van der Waals surface area contributed by atoms with Gasteiger partial charge in [-0.2, -0.15) is 0 Å². The first-order valence-corrected chi connectivity index (χ1v) is 12.2. The van der Waals surface area contributed by atoms with Crippen LogP contribution in [0, 0.1) is 6.92 Å². The molecule has 3 rings (SSSR count). The molecule has 0 spiro atoms. The third-order valence-electron chi connectivity index (χ3n) is 5.08. The molecule has 1 amide bonds. The van der Waals surface area contributed by atoms with E-state index in [9.17, 15) is 27.1 Å². The van der Waals surface area contributed by atoms with Crippen LogP contribution in [0.3, 0.4) is 0 Å². The van der Waals surface area contributed by atoms with E-state index in [1.165, 1.54) is 47.0 Å². The van der Waals surface area contributed by atoms with Crippen molar-refractivity contribution in [2.45, 2.75) is 37.7 Å². The van der Waals surface area contributed by atoms with E-state index in [4.69, 9.17) is 11.6 Å². The largest absolute Gasteiger partial charge is 0.393 e. The lowest BCUT2D eigenvalue weighted by Gasteiger charge is -2.17. The second-order valence-corrected chi connectivity index (χ2v) is 10.2. The van der Waals surface area contributed by atoms with Crippen molar-refractivity contribution in [2.75, 3.05) is 11.6 Å². The molecule has 0 aliphatic heterocycles. The van der Waals surface area contributed by atoms with Crippen LogP contribution in [0.25, 0.3) is 5.69 Å². The number of carbonyl (C=O) groups is 1. The number of hydrogen-bond donors (Lipinski definition) is 2. The number of hydrogen-bond acceptors (Lipinski definition) is 4. The lowest BCUT2D eigenvalue weighted by atomic mass is 10.1. The van der Waals surface area contributed by atoms with Crippen LogP contribution in [-0.2, 0) is 16.3 Å². The monoisotopic (exact) mass is 496 g/mol. The number of aromatic nitrogens is 1. The van der Waals surface area contributed by atoms with Crippen LogP contribution in [0.1, 0.15) is 40.7 Å². The van der Waals surface area contributed by atoms with Crippen LogP contribution in [0.4, 0.5) is 14.5 Å². The zero-order valence-electron chi connectivity index (χ0n) is 18.1. The van der Waals surface area contributed by atoms with Gasteiger partial charge in [0.2, 0.25) is 0 Å². The first-order chi connectivity index (χ1) is 15.4. The van der Waals surface area contributed by atoms with E-state index in [0.29, 0.717) is 17.1 Å². The maximum atomic E-state index is 13.7. The van der Waals surface area contributed by atoms with Crippen molar-refractivity contribution in [3.8, 4) is 5.69 Å². The van der Waals surface area contributed by atoms with Crippen molar-refractivity contribution in [3.63, 3.8) is 0 Å². The summed E-state index contributed by atoms with van der Waals surface area (Å²) >= 11 is 5.91. The molecule has 33 heavy (non-hydrogen) atoms. The van der Waals surface area contributed by atoms with Crippen molar-refractivity contribution >= 4 is 33.0 Å². The zero-order valence-corrected chi connectivity index (χ0v) is 19.7. The first-order valence-electron chi connectivity index (χ1n) is 9.97. The standard InChI is InChI=1S/C23H23ClF2N2O4S/c1-13(29)10-17-12-19(23(30)27-16-5-7-18(8-6-16)33(3,31)32)14(2)28(17)21-9-4-15(24)11-20(21)22(25)26/h4-9,11-13,22,29H,10H2,1-3H3,(H,27,30). The molecule has 0 bridgehead atoms. The number of halogens is 3. The van der Waals surface area contributed by atoms with Crippen LogP contribution >= 0.6 is 11.6 Å². The molecular weight excluding hydrogens is 474 g/mol. The zero-order chi connectivity index (χ0) is 24.5. The number of rotatable bonds is 7. The van der Waals surface area contributed by atoms with Gasteiger partial charge in [-0.25, -0.2) is 17.2 Å². The van der Waals surface area contributed by atoms with Gasteiger partial charge in [-0.1, -0.05) is 11.6 Å². The predicted molar refractivity (Wildman–Crippen MR) is 123 cm³/mol. The average Bonchev–Trinajstić information content (AvgIpc) is 3.03. The van der Waals surface area contributed by atoms with Crippen molar-refractivity contribution in [1.82, 2.24) is 4.57 Å². The maximum absolute atomic E-state index is 13.7. The Balaban J connectivity index is 2.04. The van der Waals surface area contributed by atoms with E-state index in [2.05, 4.69) is 5.32 Å². The highest BCUT2D eigenvalue weighted by molar-refractivity contribution is 7.90. The van der Waals surface area contributed by atoms with Gasteiger partial charge < -0.3 is 15.0 Å². The molecule has 1 aromatic heterocycles. The Bertz CT molecular complexity index is 1290. The molecule has 0 aliphatic carbocycles. The fourth-order valence-corrected chi connectivity index (χ4v) is 4.39. The second-order valence-electron chi connectivity index (χ2n) is 7.78. The van der Waals surface area contributed by atoms with Crippen LogP contribution in [0.5, 0.6) is 0 Å². The van der Waals surface area contributed by atoms with E-state index < -0.39 is 28.3 Å². The first kappa shape index (κ1) is 24.9. The number of alkyl halides is 2. The minimum atomic E-state index is -3.38. The number of aliphatic hydroxyl groups excluding tert-OH is 1. The van der Waals surface area contributed by atoms with Crippen LogP contribution in [0.2, 0.25) is 5.02 Å². The number of nitrogens with one attached hydrogen (secondary N) is 1. The predicted octanol–water partition coefficient (Wildman–Crippen LogP) is 4.96. The van der Waals surface area contributed by atoms with Crippen molar-refractivity contribution in [3.05, 3.63) is 76.1 Å². The number of carbonyl (C=O) groups excluding carboxylic acids is 1. The Labute approximate surface area is 195 Å². The summed E-state index contributed by atoms with van der Waals surface area (Å²) < 4.78 is 52.2. The Morgan fingerprint density at radius 2 is 1.79 bits per heavy atom. The highest BCUT2D eigenvalue weighted by atomic mass is 35.5. The number of nitrogens with zero attached hydrogens (tertiary/aromatic N) is 1. The minimum Gasteiger partial charge on any atom is -0.393 e. The molecule has 0 saturated carbocycles. The minimum absolute atomic E-state index is 0.115. The third-order valence-corrected chi connectivity index (χ3v) is 6.44. The molecule has 1 atom stereocenters. The average molecular weight is 497 g/mol.